The third-order valence-electron chi connectivity index (χ3n) is 11.7. The Morgan fingerprint density at radius 3 is 0.913 bits per heavy atom. The van der Waals surface area contributed by atoms with Gasteiger partial charge in [-0.2, -0.15) is 0 Å². The maximum absolute atomic E-state index is 12.8. The fourth-order valence-corrected chi connectivity index (χ4v) is 7.47. The Labute approximate surface area is 425 Å². The molecule has 0 bridgehead atoms. The van der Waals surface area contributed by atoms with E-state index in [0.29, 0.717) is 19.3 Å². The molecule has 0 saturated carbocycles. The minimum atomic E-state index is -0.813. The number of allylic oxidation sites excluding steroid dienone is 18. The monoisotopic (exact) mass is 957 g/mol. The average molecular weight is 958 g/mol. The van der Waals surface area contributed by atoms with Gasteiger partial charge < -0.3 is 14.2 Å². The molecule has 0 rings (SSSR count). The van der Waals surface area contributed by atoms with Gasteiger partial charge in [-0.05, 0) is 128 Å². The van der Waals surface area contributed by atoms with Crippen LogP contribution in [0.25, 0.3) is 0 Å². The molecule has 0 aliphatic rings. The largest absolute Gasteiger partial charge is 0.462 e. The van der Waals surface area contributed by atoms with E-state index >= 15 is 0 Å². The van der Waals surface area contributed by atoms with Crippen LogP contribution in [0.2, 0.25) is 0 Å². The van der Waals surface area contributed by atoms with E-state index in [1.165, 1.54) is 96.3 Å². The zero-order chi connectivity index (χ0) is 50.0. The zero-order valence-corrected chi connectivity index (χ0v) is 44.8. The molecule has 0 spiro atoms. The lowest BCUT2D eigenvalue weighted by Gasteiger charge is -2.18. The van der Waals surface area contributed by atoms with Crippen molar-refractivity contribution in [2.75, 3.05) is 13.2 Å². The van der Waals surface area contributed by atoms with Crippen LogP contribution in [0.1, 0.15) is 252 Å². The first-order chi connectivity index (χ1) is 34.0. The topological polar surface area (TPSA) is 78.9 Å². The fraction of sp³-hybridized carbons (Fsp3) is 0.667. The van der Waals surface area contributed by atoms with Crippen LogP contribution >= 0.6 is 0 Å². The van der Waals surface area contributed by atoms with E-state index in [9.17, 15) is 14.4 Å². The summed E-state index contributed by atoms with van der Waals surface area (Å²) in [5.41, 5.74) is 0. The summed E-state index contributed by atoms with van der Waals surface area (Å²) < 4.78 is 16.8. The molecule has 0 amide bonds. The molecule has 0 fully saturated rings. The Kier molecular flexibility index (Phi) is 53.4. The lowest BCUT2D eigenvalue weighted by molar-refractivity contribution is -0.167. The number of carbonyl (C=O) groups excluding carboxylic acids is 3. The molecule has 392 valence electrons. The Bertz CT molecular complexity index is 1420. The number of rotatable bonds is 50. The van der Waals surface area contributed by atoms with Crippen molar-refractivity contribution < 1.29 is 28.6 Å². The first-order valence-electron chi connectivity index (χ1n) is 28.4. The highest BCUT2D eigenvalue weighted by atomic mass is 16.6. The molecule has 69 heavy (non-hydrogen) atoms. The van der Waals surface area contributed by atoms with Gasteiger partial charge in [-0.1, -0.05) is 214 Å². The Morgan fingerprint density at radius 1 is 0.304 bits per heavy atom. The maximum atomic E-state index is 12.8. The molecule has 0 N–H and O–H groups in total. The first kappa shape index (κ1) is 65.1. The van der Waals surface area contributed by atoms with Crippen molar-refractivity contribution >= 4 is 17.9 Å². The van der Waals surface area contributed by atoms with E-state index in [1.54, 1.807) is 0 Å². The zero-order valence-electron chi connectivity index (χ0n) is 44.8. The molecule has 0 aromatic heterocycles. The van der Waals surface area contributed by atoms with Crippen LogP contribution < -0.4 is 0 Å². The summed E-state index contributed by atoms with van der Waals surface area (Å²) >= 11 is 0. The SMILES string of the molecule is CC/C=C\C/C=C\C/C=C\C/C=C\CCCCC(=O)O[C@@H](COC(=O)CCCCCC/C=C\C/C=C\C/C=C\CCCCC)COC(=O)CCCCCCCCCCC/C=C\C/C=C\CCCCC. The van der Waals surface area contributed by atoms with Gasteiger partial charge in [0.2, 0.25) is 0 Å². The van der Waals surface area contributed by atoms with E-state index in [4.69, 9.17) is 14.2 Å². The summed E-state index contributed by atoms with van der Waals surface area (Å²) in [6, 6.07) is 0. The molecule has 0 radical (unpaired) electrons. The van der Waals surface area contributed by atoms with Crippen LogP contribution in [0, 0.1) is 0 Å². The number of hydrogen-bond donors (Lipinski definition) is 0. The third kappa shape index (κ3) is 54.9. The molecule has 6 nitrogen and oxygen atoms in total. The minimum Gasteiger partial charge on any atom is -0.462 e. The van der Waals surface area contributed by atoms with Crippen LogP contribution in [0.15, 0.2) is 109 Å². The van der Waals surface area contributed by atoms with Crippen LogP contribution in [-0.2, 0) is 28.6 Å². The van der Waals surface area contributed by atoms with Gasteiger partial charge in [0, 0.05) is 19.3 Å². The maximum Gasteiger partial charge on any atom is 0.306 e. The van der Waals surface area contributed by atoms with Gasteiger partial charge in [0.15, 0.2) is 6.10 Å². The van der Waals surface area contributed by atoms with E-state index in [0.717, 1.165) is 109 Å². The summed E-state index contributed by atoms with van der Waals surface area (Å²) in [5, 5.41) is 0. The number of ether oxygens (including phenoxy) is 3. The van der Waals surface area contributed by atoms with Crippen molar-refractivity contribution in [3.8, 4) is 0 Å². The molecule has 0 heterocycles. The predicted molar refractivity (Wildman–Crippen MR) is 297 cm³/mol. The van der Waals surface area contributed by atoms with E-state index < -0.39 is 6.10 Å². The van der Waals surface area contributed by atoms with Crippen LogP contribution in [0.3, 0.4) is 0 Å². The molecular weight excluding hydrogens is 853 g/mol. The standard InChI is InChI=1S/C63H104O6/c1-4-7-10-13-16-19-22-25-28-30-31-33-36-38-41-44-47-50-53-56-62(65)68-59-60(69-63(66)57-54-51-48-45-42-39-34-27-24-21-18-15-12-9-6-3)58-67-61(64)55-52-49-46-43-40-37-35-32-29-26-23-20-17-14-11-8-5-2/h9,12,16-21,25-29,34-35,37,42,45,60H,4-8,10-11,13-15,22-24,30-33,36,38-41,43-44,46-59H2,1-3H3/b12-9-,19-16-,20-17-,21-18-,28-25-,29-26-,34-27-,37-35-,45-42-/t60-/m0/s1. The second-order valence-electron chi connectivity index (χ2n) is 18.5. The highest BCUT2D eigenvalue weighted by Gasteiger charge is 2.19. The molecular formula is C63H104O6. The summed E-state index contributed by atoms with van der Waals surface area (Å²) in [4.78, 5) is 38.1. The van der Waals surface area contributed by atoms with Crippen molar-refractivity contribution in [3.05, 3.63) is 109 Å². The van der Waals surface area contributed by atoms with Crippen molar-refractivity contribution in [2.24, 2.45) is 0 Å². The van der Waals surface area contributed by atoms with Gasteiger partial charge in [-0.15, -0.1) is 0 Å². The quantitative estimate of drug-likeness (QED) is 0.0262. The number of esters is 3. The predicted octanol–water partition coefficient (Wildman–Crippen LogP) is 19.1. The highest BCUT2D eigenvalue weighted by molar-refractivity contribution is 5.71. The third-order valence-corrected chi connectivity index (χ3v) is 11.7. The average Bonchev–Trinajstić information content (AvgIpc) is 3.35. The summed E-state index contributed by atoms with van der Waals surface area (Å²) in [6.45, 7) is 6.41. The fourth-order valence-electron chi connectivity index (χ4n) is 7.47. The number of hydrogen-bond acceptors (Lipinski definition) is 6. The molecule has 0 aromatic rings. The number of unbranched alkanes of at least 4 members (excludes halogenated alkanes) is 21. The van der Waals surface area contributed by atoms with Gasteiger partial charge in [0.05, 0.1) is 0 Å². The normalized spacial score (nSPS) is 12.9. The van der Waals surface area contributed by atoms with Gasteiger partial charge in [0.1, 0.15) is 13.2 Å². The molecule has 0 aliphatic carbocycles. The molecule has 0 aromatic carbocycles. The molecule has 1 atom stereocenters. The van der Waals surface area contributed by atoms with Crippen molar-refractivity contribution in [3.63, 3.8) is 0 Å². The van der Waals surface area contributed by atoms with Crippen LogP contribution in [-0.4, -0.2) is 37.2 Å². The van der Waals surface area contributed by atoms with Gasteiger partial charge in [0.25, 0.3) is 0 Å². The van der Waals surface area contributed by atoms with Crippen molar-refractivity contribution in [1.82, 2.24) is 0 Å². The van der Waals surface area contributed by atoms with E-state index in [2.05, 4.69) is 130 Å². The minimum absolute atomic E-state index is 0.106. The van der Waals surface area contributed by atoms with Crippen molar-refractivity contribution in [1.29, 1.82) is 0 Å². The van der Waals surface area contributed by atoms with Gasteiger partial charge >= 0.3 is 17.9 Å². The molecule has 6 heteroatoms. The lowest BCUT2D eigenvalue weighted by Crippen LogP contribution is -2.30. The van der Waals surface area contributed by atoms with E-state index in [1.807, 2.05) is 0 Å². The van der Waals surface area contributed by atoms with Crippen LogP contribution in [0.4, 0.5) is 0 Å². The first-order valence-corrected chi connectivity index (χ1v) is 28.4. The Balaban J connectivity index is 4.48. The van der Waals surface area contributed by atoms with Gasteiger partial charge in [-0.3, -0.25) is 14.4 Å². The molecule has 0 unspecified atom stereocenters. The second-order valence-corrected chi connectivity index (χ2v) is 18.5. The summed E-state index contributed by atoms with van der Waals surface area (Å²) in [5.74, 6) is -0.975. The highest BCUT2D eigenvalue weighted by Crippen LogP contribution is 2.14. The molecule has 0 aliphatic heterocycles. The van der Waals surface area contributed by atoms with E-state index in [-0.39, 0.29) is 37.5 Å². The smallest absolute Gasteiger partial charge is 0.306 e. The Morgan fingerprint density at radius 2 is 0.565 bits per heavy atom. The summed E-state index contributed by atoms with van der Waals surface area (Å²) in [6.07, 6.45) is 76.5. The summed E-state index contributed by atoms with van der Waals surface area (Å²) in [7, 11) is 0. The second kappa shape index (κ2) is 56.7. The number of carbonyl (C=O) groups is 3. The molecule has 0 saturated heterocycles. The van der Waals surface area contributed by atoms with Crippen molar-refractivity contribution in [2.45, 2.75) is 258 Å². The lowest BCUT2D eigenvalue weighted by atomic mass is 10.1. The van der Waals surface area contributed by atoms with Gasteiger partial charge in [-0.25, -0.2) is 0 Å². The Hall–Kier alpha value is -3.93. The van der Waals surface area contributed by atoms with Crippen LogP contribution in [0.5, 0.6) is 0 Å².